The van der Waals surface area contributed by atoms with Gasteiger partial charge in [0.15, 0.2) is 0 Å². The molecule has 0 aliphatic carbocycles. The molecule has 0 spiro atoms. The van der Waals surface area contributed by atoms with Crippen molar-refractivity contribution in [1.82, 2.24) is 19.8 Å². The number of rotatable bonds is 6. The van der Waals surface area contributed by atoms with Crippen LogP contribution in [0.3, 0.4) is 0 Å². The summed E-state index contributed by atoms with van der Waals surface area (Å²) in [5, 5.41) is 3.26. The minimum atomic E-state index is 0.164. The van der Waals surface area contributed by atoms with Crippen molar-refractivity contribution in [1.29, 1.82) is 0 Å². The number of para-hydroxylation sites is 1. The average molecular weight is 424 g/mol. The molecule has 7 heteroatoms. The lowest BCUT2D eigenvalue weighted by atomic mass is 9.96. The predicted octanol–water partition coefficient (Wildman–Crippen LogP) is 2.85. The zero-order valence-corrected chi connectivity index (χ0v) is 18.9. The van der Waals surface area contributed by atoms with E-state index in [0.717, 1.165) is 60.1 Å². The summed E-state index contributed by atoms with van der Waals surface area (Å²) in [7, 11) is 5.74. The number of benzene rings is 1. The largest absolute Gasteiger partial charge is 0.496 e. The first-order valence-corrected chi connectivity index (χ1v) is 11.2. The summed E-state index contributed by atoms with van der Waals surface area (Å²) in [5.74, 6) is 3.21. The maximum Gasteiger partial charge on any atom is 0.223 e. The standard InChI is InChI=1S/C24H33N5O2/c1-25-24-19-16-29(22(30)11-10-17-7-4-5-9-21(17)31-3)14-12-20(19)26-23(27-24)18-8-6-13-28(2)15-18/h4-5,7,9,18H,6,8,10-16H2,1-3H3,(H,25,26,27)/t18-/m0/s1. The molecule has 3 heterocycles. The van der Waals surface area contributed by atoms with Gasteiger partial charge in [-0.1, -0.05) is 18.2 Å². The summed E-state index contributed by atoms with van der Waals surface area (Å²) in [5.41, 5.74) is 3.22. The van der Waals surface area contributed by atoms with E-state index >= 15 is 0 Å². The number of nitrogens with zero attached hydrogens (tertiary/aromatic N) is 4. The van der Waals surface area contributed by atoms with E-state index in [1.54, 1.807) is 7.11 Å². The van der Waals surface area contributed by atoms with Gasteiger partial charge in [-0.05, 0) is 44.5 Å². The number of nitrogens with one attached hydrogen (secondary N) is 1. The highest BCUT2D eigenvalue weighted by Gasteiger charge is 2.28. The van der Waals surface area contributed by atoms with Crippen LogP contribution < -0.4 is 10.1 Å². The van der Waals surface area contributed by atoms with E-state index in [9.17, 15) is 4.79 Å². The molecule has 4 rings (SSSR count). The van der Waals surface area contributed by atoms with E-state index in [2.05, 4.69) is 17.3 Å². The van der Waals surface area contributed by atoms with E-state index in [-0.39, 0.29) is 5.91 Å². The Hall–Kier alpha value is -2.67. The molecule has 166 valence electrons. The van der Waals surface area contributed by atoms with Crippen molar-refractivity contribution in [2.75, 3.05) is 46.2 Å². The number of carbonyl (C=O) groups excluding carboxylic acids is 1. The zero-order valence-electron chi connectivity index (χ0n) is 18.9. The Labute approximate surface area is 184 Å². The Kier molecular flexibility index (Phi) is 6.70. The number of likely N-dealkylation sites (tertiary alicyclic amines) is 1. The highest BCUT2D eigenvalue weighted by molar-refractivity contribution is 5.77. The second-order valence-electron chi connectivity index (χ2n) is 8.58. The van der Waals surface area contributed by atoms with Crippen LogP contribution in [0.25, 0.3) is 0 Å². The molecule has 1 atom stereocenters. The first-order valence-electron chi connectivity index (χ1n) is 11.2. The molecule has 0 bridgehead atoms. The van der Waals surface area contributed by atoms with E-state index < -0.39 is 0 Å². The molecule has 1 aromatic carbocycles. The van der Waals surface area contributed by atoms with Gasteiger partial charge in [-0.15, -0.1) is 0 Å². The van der Waals surface area contributed by atoms with Gasteiger partial charge in [-0.25, -0.2) is 9.97 Å². The number of methoxy groups -OCH3 is 1. The van der Waals surface area contributed by atoms with Crippen LogP contribution in [-0.2, 0) is 24.2 Å². The second kappa shape index (κ2) is 9.64. The number of hydrogen-bond acceptors (Lipinski definition) is 6. The number of carbonyl (C=O) groups is 1. The van der Waals surface area contributed by atoms with Crippen molar-refractivity contribution in [2.45, 2.75) is 44.6 Å². The third kappa shape index (κ3) is 4.82. The molecule has 1 aromatic heterocycles. The van der Waals surface area contributed by atoms with Gasteiger partial charge in [-0.3, -0.25) is 4.79 Å². The monoisotopic (exact) mass is 423 g/mol. The molecule has 0 radical (unpaired) electrons. The number of anilines is 1. The van der Waals surface area contributed by atoms with Crippen molar-refractivity contribution < 1.29 is 9.53 Å². The number of piperidine rings is 1. The number of hydrogen-bond donors (Lipinski definition) is 1. The summed E-state index contributed by atoms with van der Waals surface area (Å²) in [6, 6.07) is 7.90. The van der Waals surface area contributed by atoms with Crippen molar-refractivity contribution in [3.05, 3.63) is 46.9 Å². The van der Waals surface area contributed by atoms with Crippen molar-refractivity contribution >= 4 is 11.7 Å². The summed E-state index contributed by atoms with van der Waals surface area (Å²) in [6.07, 6.45) is 4.25. The van der Waals surface area contributed by atoms with Crippen molar-refractivity contribution in [3.8, 4) is 5.75 Å². The second-order valence-corrected chi connectivity index (χ2v) is 8.58. The molecule has 2 aromatic rings. The normalized spacial score (nSPS) is 19.1. The van der Waals surface area contributed by atoms with Gasteiger partial charge in [-0.2, -0.15) is 0 Å². The molecule has 31 heavy (non-hydrogen) atoms. The van der Waals surface area contributed by atoms with Crippen LogP contribution in [0.1, 0.15) is 47.8 Å². The quantitative estimate of drug-likeness (QED) is 0.771. The van der Waals surface area contributed by atoms with Crippen LogP contribution in [0, 0.1) is 0 Å². The van der Waals surface area contributed by atoms with Gasteiger partial charge >= 0.3 is 0 Å². The molecular formula is C24H33N5O2. The van der Waals surface area contributed by atoms with Gasteiger partial charge in [0.1, 0.15) is 17.4 Å². The third-order valence-electron chi connectivity index (χ3n) is 6.46. The molecule has 0 saturated carbocycles. The maximum atomic E-state index is 12.9. The molecule has 0 unspecified atom stereocenters. The molecule has 2 aliphatic rings. The van der Waals surface area contributed by atoms with E-state index in [4.69, 9.17) is 14.7 Å². The van der Waals surface area contributed by atoms with E-state index in [1.807, 2.05) is 36.2 Å². The Bertz CT molecular complexity index is 915. The topological polar surface area (TPSA) is 70.6 Å². The van der Waals surface area contributed by atoms with Gasteiger partial charge < -0.3 is 19.9 Å². The highest BCUT2D eigenvalue weighted by Crippen LogP contribution is 2.30. The summed E-state index contributed by atoms with van der Waals surface area (Å²) >= 11 is 0. The lowest BCUT2D eigenvalue weighted by molar-refractivity contribution is -0.132. The van der Waals surface area contributed by atoms with Gasteiger partial charge in [0.2, 0.25) is 5.91 Å². The molecular weight excluding hydrogens is 390 g/mol. The lowest BCUT2D eigenvalue weighted by Crippen LogP contribution is -2.38. The average Bonchev–Trinajstić information content (AvgIpc) is 2.81. The Morgan fingerprint density at radius 1 is 1.26 bits per heavy atom. The first-order chi connectivity index (χ1) is 15.1. The summed E-state index contributed by atoms with van der Waals surface area (Å²) in [4.78, 5) is 27.1. The van der Waals surface area contributed by atoms with Crippen LogP contribution in [0.5, 0.6) is 5.75 Å². The van der Waals surface area contributed by atoms with Crippen LogP contribution in [0.4, 0.5) is 5.82 Å². The van der Waals surface area contributed by atoms with Crippen molar-refractivity contribution in [2.24, 2.45) is 0 Å². The number of ether oxygens (including phenoxy) is 1. The van der Waals surface area contributed by atoms with Crippen LogP contribution in [-0.4, -0.2) is 66.5 Å². The highest BCUT2D eigenvalue weighted by atomic mass is 16.5. The number of aromatic nitrogens is 2. The van der Waals surface area contributed by atoms with Gasteiger partial charge in [0.25, 0.3) is 0 Å². The number of likely N-dealkylation sites (N-methyl/N-ethyl adjacent to an activating group) is 1. The third-order valence-corrected chi connectivity index (χ3v) is 6.46. The van der Waals surface area contributed by atoms with E-state index in [0.29, 0.717) is 31.8 Å². The SMILES string of the molecule is CNc1nc([C@H]2CCCN(C)C2)nc2c1CN(C(=O)CCc1ccccc1OC)CC2. The smallest absolute Gasteiger partial charge is 0.223 e. The Balaban J connectivity index is 1.45. The Morgan fingerprint density at radius 2 is 2.10 bits per heavy atom. The Morgan fingerprint density at radius 3 is 2.87 bits per heavy atom. The number of amides is 1. The van der Waals surface area contributed by atoms with Gasteiger partial charge in [0, 0.05) is 44.5 Å². The minimum Gasteiger partial charge on any atom is -0.496 e. The molecule has 1 amide bonds. The number of aryl methyl sites for hydroxylation is 1. The predicted molar refractivity (Wildman–Crippen MR) is 121 cm³/mol. The zero-order chi connectivity index (χ0) is 21.8. The molecule has 1 N–H and O–H groups in total. The van der Waals surface area contributed by atoms with Gasteiger partial charge in [0.05, 0.1) is 19.3 Å². The summed E-state index contributed by atoms with van der Waals surface area (Å²) < 4.78 is 5.41. The van der Waals surface area contributed by atoms with Crippen LogP contribution >= 0.6 is 0 Å². The first kappa shape index (κ1) is 21.6. The van der Waals surface area contributed by atoms with Crippen LogP contribution in [0.2, 0.25) is 0 Å². The molecule has 2 aliphatic heterocycles. The minimum absolute atomic E-state index is 0.164. The summed E-state index contributed by atoms with van der Waals surface area (Å²) in [6.45, 7) is 3.44. The van der Waals surface area contributed by atoms with E-state index in [1.165, 1.54) is 6.42 Å². The molecule has 7 nitrogen and oxygen atoms in total. The lowest BCUT2D eigenvalue weighted by Gasteiger charge is -2.32. The fourth-order valence-corrected chi connectivity index (χ4v) is 4.72. The van der Waals surface area contributed by atoms with Crippen molar-refractivity contribution in [3.63, 3.8) is 0 Å². The molecule has 1 saturated heterocycles. The fraction of sp³-hybridized carbons (Fsp3) is 0.542. The number of fused-ring (bicyclic) bond motifs is 1. The maximum absolute atomic E-state index is 12.9. The molecule has 1 fully saturated rings. The van der Waals surface area contributed by atoms with Crippen LogP contribution in [0.15, 0.2) is 24.3 Å². The fourth-order valence-electron chi connectivity index (χ4n) is 4.72.